The van der Waals surface area contributed by atoms with E-state index in [1.807, 2.05) is 30.3 Å². The van der Waals surface area contributed by atoms with Gasteiger partial charge in [-0.25, -0.2) is 4.79 Å². The summed E-state index contributed by atoms with van der Waals surface area (Å²) in [5.74, 6) is -0.321. The fourth-order valence-corrected chi connectivity index (χ4v) is 3.68. The van der Waals surface area contributed by atoms with Gasteiger partial charge in [-0.05, 0) is 31.2 Å². The van der Waals surface area contributed by atoms with Crippen LogP contribution in [0.3, 0.4) is 0 Å². The molecular weight excluding hydrogens is 344 g/mol. The number of nitrogens with two attached hydrogens (primary N) is 1. The van der Waals surface area contributed by atoms with Crippen molar-refractivity contribution in [2.24, 2.45) is 7.05 Å². The van der Waals surface area contributed by atoms with Gasteiger partial charge in [0.2, 0.25) is 5.78 Å². The maximum atomic E-state index is 12.9. The highest BCUT2D eigenvalue weighted by Gasteiger charge is 2.25. The molecule has 1 saturated heterocycles. The molecule has 144 valence electrons. The Balaban J connectivity index is 1.95. The number of Topliss-reactive ketones (excluding diaryl/α,β-unsaturated/α-hetero) is 1. The number of benzene rings is 1. The number of rotatable bonds is 5. The zero-order valence-electron chi connectivity index (χ0n) is 15.7. The topological polar surface area (TPSA) is 91.5 Å². The highest BCUT2D eigenvalue weighted by atomic mass is 16.2. The second-order valence-corrected chi connectivity index (χ2v) is 7.24. The first-order valence-corrected chi connectivity index (χ1v) is 9.49. The minimum absolute atomic E-state index is 0.0359. The van der Waals surface area contributed by atoms with Gasteiger partial charge in [0.1, 0.15) is 17.9 Å². The molecular formula is C20H27N4O3+. The van der Waals surface area contributed by atoms with Crippen LogP contribution in [0, 0.1) is 0 Å². The van der Waals surface area contributed by atoms with Crippen LogP contribution in [0.4, 0.5) is 5.82 Å². The standard InChI is InChI=1S/C20H26N4O3/c1-22-19(26)17(16(25)14-23-11-7-2-3-8-12-23)18(21)24(20(22)27)13-15-9-5-4-6-10-15/h4-6,9-10H,2-3,7-8,11-14,21H2,1H3/p+1. The lowest BCUT2D eigenvalue weighted by molar-refractivity contribution is -0.890. The van der Waals surface area contributed by atoms with Crippen molar-refractivity contribution in [1.29, 1.82) is 0 Å². The lowest BCUT2D eigenvalue weighted by atomic mass is 10.1. The summed E-state index contributed by atoms with van der Waals surface area (Å²) < 4.78 is 2.28. The third-order valence-corrected chi connectivity index (χ3v) is 5.27. The molecule has 7 nitrogen and oxygen atoms in total. The highest BCUT2D eigenvalue weighted by molar-refractivity contribution is 6.00. The third-order valence-electron chi connectivity index (χ3n) is 5.27. The largest absolute Gasteiger partial charge is 0.384 e. The van der Waals surface area contributed by atoms with Gasteiger partial charge in [-0.15, -0.1) is 0 Å². The number of likely N-dealkylation sites (tertiary alicyclic amines) is 1. The van der Waals surface area contributed by atoms with Crippen LogP contribution >= 0.6 is 0 Å². The van der Waals surface area contributed by atoms with Gasteiger partial charge in [-0.3, -0.25) is 18.7 Å². The van der Waals surface area contributed by atoms with Gasteiger partial charge in [0.05, 0.1) is 19.6 Å². The van der Waals surface area contributed by atoms with E-state index >= 15 is 0 Å². The molecule has 1 aliphatic heterocycles. The van der Waals surface area contributed by atoms with E-state index in [9.17, 15) is 14.4 Å². The molecule has 0 radical (unpaired) electrons. The Morgan fingerprint density at radius 1 is 1.07 bits per heavy atom. The summed E-state index contributed by atoms with van der Waals surface area (Å²) >= 11 is 0. The molecule has 3 rings (SSSR count). The number of carbonyl (C=O) groups excluding carboxylic acids is 1. The Morgan fingerprint density at radius 3 is 2.33 bits per heavy atom. The molecule has 1 aromatic carbocycles. The summed E-state index contributed by atoms with van der Waals surface area (Å²) in [4.78, 5) is 39.2. The molecule has 0 unspecified atom stereocenters. The first-order valence-electron chi connectivity index (χ1n) is 9.49. The van der Waals surface area contributed by atoms with Crippen molar-refractivity contribution >= 4 is 11.6 Å². The molecule has 2 aromatic rings. The molecule has 1 fully saturated rings. The fourth-order valence-electron chi connectivity index (χ4n) is 3.68. The number of nitrogens with zero attached hydrogens (tertiary/aromatic N) is 2. The molecule has 0 spiro atoms. The van der Waals surface area contributed by atoms with Gasteiger partial charge in [-0.2, -0.15) is 0 Å². The molecule has 3 N–H and O–H groups in total. The lowest BCUT2D eigenvalue weighted by Crippen LogP contribution is -3.12. The number of ketones is 1. The van der Waals surface area contributed by atoms with E-state index in [1.165, 1.54) is 29.4 Å². The molecule has 0 saturated carbocycles. The van der Waals surface area contributed by atoms with Crippen LogP contribution in [0.5, 0.6) is 0 Å². The number of hydrogen-bond donors (Lipinski definition) is 2. The molecule has 2 heterocycles. The first-order chi connectivity index (χ1) is 13.0. The number of aromatic nitrogens is 2. The Labute approximate surface area is 158 Å². The van der Waals surface area contributed by atoms with Gasteiger partial charge in [0, 0.05) is 7.05 Å². The van der Waals surface area contributed by atoms with Crippen molar-refractivity contribution in [3.05, 3.63) is 62.3 Å². The summed E-state index contributed by atoms with van der Waals surface area (Å²) in [6, 6.07) is 9.37. The summed E-state index contributed by atoms with van der Waals surface area (Å²) in [5.41, 5.74) is 5.85. The van der Waals surface area contributed by atoms with Crippen molar-refractivity contribution in [2.45, 2.75) is 32.2 Å². The Hall–Kier alpha value is -2.67. The van der Waals surface area contributed by atoms with E-state index in [0.29, 0.717) is 0 Å². The summed E-state index contributed by atoms with van der Waals surface area (Å²) in [6.07, 6.45) is 4.54. The van der Waals surface area contributed by atoms with Crippen LogP contribution < -0.4 is 21.9 Å². The summed E-state index contributed by atoms with van der Waals surface area (Å²) in [5, 5.41) is 0. The molecule has 7 heteroatoms. The van der Waals surface area contributed by atoms with Crippen molar-refractivity contribution in [2.75, 3.05) is 25.4 Å². The third kappa shape index (κ3) is 4.19. The van der Waals surface area contributed by atoms with Gasteiger partial charge >= 0.3 is 5.69 Å². The number of nitrogens with one attached hydrogen (secondary N) is 1. The zero-order valence-corrected chi connectivity index (χ0v) is 15.7. The second-order valence-electron chi connectivity index (χ2n) is 7.24. The van der Waals surface area contributed by atoms with Crippen molar-refractivity contribution in [3.63, 3.8) is 0 Å². The highest BCUT2D eigenvalue weighted by Crippen LogP contribution is 2.09. The van der Waals surface area contributed by atoms with E-state index in [2.05, 4.69) is 0 Å². The molecule has 27 heavy (non-hydrogen) atoms. The SMILES string of the molecule is Cn1c(=O)c(C(=O)C[NH+]2CCCCCC2)c(N)n(Cc2ccccc2)c1=O. The van der Waals surface area contributed by atoms with Crippen LogP contribution in [0.15, 0.2) is 39.9 Å². The van der Waals surface area contributed by atoms with Gasteiger partial charge < -0.3 is 10.6 Å². The first kappa shape index (κ1) is 19.1. The Morgan fingerprint density at radius 2 is 1.70 bits per heavy atom. The molecule has 0 atom stereocenters. The van der Waals surface area contributed by atoms with Gasteiger partial charge in [0.15, 0.2) is 0 Å². The Kier molecular flexibility index (Phi) is 5.91. The lowest BCUT2D eigenvalue weighted by Gasteiger charge is -2.18. The minimum atomic E-state index is -0.610. The van der Waals surface area contributed by atoms with E-state index < -0.39 is 11.2 Å². The van der Waals surface area contributed by atoms with Crippen LogP contribution in [0.2, 0.25) is 0 Å². The van der Waals surface area contributed by atoms with Crippen molar-refractivity contribution < 1.29 is 9.69 Å². The number of anilines is 1. The summed E-state index contributed by atoms with van der Waals surface area (Å²) in [7, 11) is 1.39. The molecule has 0 aliphatic carbocycles. The zero-order chi connectivity index (χ0) is 19.4. The maximum Gasteiger partial charge on any atom is 0.332 e. The summed E-state index contributed by atoms with van der Waals surface area (Å²) in [6.45, 7) is 2.31. The monoisotopic (exact) mass is 371 g/mol. The van der Waals surface area contributed by atoms with E-state index in [4.69, 9.17) is 5.73 Å². The molecule has 0 bridgehead atoms. The number of quaternary nitrogens is 1. The minimum Gasteiger partial charge on any atom is -0.384 e. The van der Waals surface area contributed by atoms with Crippen LogP contribution in [0.25, 0.3) is 0 Å². The Bertz CT molecular complexity index is 923. The van der Waals surface area contributed by atoms with Gasteiger partial charge in [0.25, 0.3) is 5.56 Å². The molecule has 1 aliphatic rings. The smallest absolute Gasteiger partial charge is 0.332 e. The van der Waals surface area contributed by atoms with Crippen LogP contribution in [0.1, 0.15) is 41.6 Å². The number of nitrogen functional groups attached to an aromatic ring is 1. The predicted octanol–water partition coefficient (Wildman–Crippen LogP) is -0.181. The van der Waals surface area contributed by atoms with Crippen molar-refractivity contribution in [1.82, 2.24) is 9.13 Å². The van der Waals surface area contributed by atoms with E-state index in [0.717, 1.165) is 36.1 Å². The van der Waals surface area contributed by atoms with E-state index in [-0.39, 0.29) is 30.3 Å². The normalized spacial score (nSPS) is 15.4. The van der Waals surface area contributed by atoms with Gasteiger partial charge in [-0.1, -0.05) is 30.3 Å². The number of hydrogen-bond acceptors (Lipinski definition) is 4. The van der Waals surface area contributed by atoms with Crippen LogP contribution in [-0.4, -0.2) is 34.6 Å². The average Bonchev–Trinajstić information content (AvgIpc) is 2.93. The predicted molar refractivity (Wildman–Crippen MR) is 104 cm³/mol. The van der Waals surface area contributed by atoms with Crippen molar-refractivity contribution in [3.8, 4) is 0 Å². The molecule has 1 aromatic heterocycles. The quantitative estimate of drug-likeness (QED) is 0.714. The second kappa shape index (κ2) is 8.35. The van der Waals surface area contributed by atoms with E-state index in [1.54, 1.807) is 0 Å². The average molecular weight is 371 g/mol. The fraction of sp³-hybridized carbons (Fsp3) is 0.450. The van der Waals surface area contributed by atoms with Crippen LogP contribution in [-0.2, 0) is 13.6 Å². The number of carbonyl (C=O) groups is 1. The molecule has 0 amide bonds. The maximum absolute atomic E-state index is 12.9.